The van der Waals surface area contributed by atoms with E-state index in [1.165, 1.54) is 41.1 Å². The van der Waals surface area contributed by atoms with Gasteiger partial charge < -0.3 is 0 Å². The van der Waals surface area contributed by atoms with Crippen LogP contribution in [0.4, 0.5) is 9.52 Å². The van der Waals surface area contributed by atoms with Gasteiger partial charge in [0, 0.05) is 18.5 Å². The second-order valence-corrected chi connectivity index (χ2v) is 8.45. The van der Waals surface area contributed by atoms with Crippen molar-refractivity contribution >= 4 is 22.4 Å². The molecule has 4 rings (SSSR count). The summed E-state index contributed by atoms with van der Waals surface area (Å²) in [5.41, 5.74) is 2.26. The van der Waals surface area contributed by atoms with Gasteiger partial charge in [-0.05, 0) is 44.4 Å². The maximum absolute atomic E-state index is 14.1. The van der Waals surface area contributed by atoms with Gasteiger partial charge in [0.1, 0.15) is 11.5 Å². The van der Waals surface area contributed by atoms with Crippen LogP contribution >= 0.6 is 11.3 Å². The highest BCUT2D eigenvalue weighted by molar-refractivity contribution is 7.14. The van der Waals surface area contributed by atoms with Crippen LogP contribution in [-0.2, 0) is 6.54 Å². The van der Waals surface area contributed by atoms with Crippen LogP contribution in [0.2, 0.25) is 0 Å². The molecule has 1 fully saturated rings. The van der Waals surface area contributed by atoms with Gasteiger partial charge in [-0.3, -0.25) is 15.0 Å². The standard InChI is InChI=1S/C21H24FN5OS/c1-14-6-5-9-26(11-14)12-16-13-29-21(24-16)25-20(28)17-10-23-27(15(17)2)19-8-4-3-7-18(19)22/h3-4,7-8,10,13-14H,5-6,9,11-12H2,1-2H3,(H,24,25,28). The van der Waals surface area contributed by atoms with Gasteiger partial charge in [-0.25, -0.2) is 14.1 Å². The Balaban J connectivity index is 1.44. The number of aromatic nitrogens is 3. The Labute approximate surface area is 173 Å². The first-order valence-electron chi connectivity index (χ1n) is 9.79. The van der Waals surface area contributed by atoms with Gasteiger partial charge in [0.2, 0.25) is 0 Å². The average molecular weight is 414 g/mol. The van der Waals surface area contributed by atoms with Gasteiger partial charge in [0.15, 0.2) is 5.13 Å². The normalized spacial score (nSPS) is 17.4. The lowest BCUT2D eigenvalue weighted by molar-refractivity contribution is 0.102. The predicted octanol–water partition coefficient (Wildman–Crippen LogP) is 4.26. The minimum Gasteiger partial charge on any atom is -0.298 e. The van der Waals surface area contributed by atoms with Crippen LogP contribution in [0.15, 0.2) is 35.8 Å². The fourth-order valence-corrected chi connectivity index (χ4v) is 4.46. The van der Waals surface area contributed by atoms with E-state index in [9.17, 15) is 9.18 Å². The van der Waals surface area contributed by atoms with Crippen molar-refractivity contribution < 1.29 is 9.18 Å². The van der Waals surface area contributed by atoms with Crippen molar-refractivity contribution in [2.75, 3.05) is 18.4 Å². The number of nitrogens with one attached hydrogen (secondary N) is 1. The molecule has 6 nitrogen and oxygen atoms in total. The van der Waals surface area contributed by atoms with E-state index in [4.69, 9.17) is 0 Å². The second kappa shape index (κ2) is 8.42. The zero-order valence-corrected chi connectivity index (χ0v) is 17.4. The number of rotatable bonds is 5. The molecule has 1 aliphatic rings. The number of nitrogens with zero attached hydrogens (tertiary/aromatic N) is 4. The van der Waals surface area contributed by atoms with Crippen LogP contribution in [0, 0.1) is 18.7 Å². The number of hydrogen-bond donors (Lipinski definition) is 1. The van der Waals surface area contributed by atoms with Gasteiger partial charge in [-0.1, -0.05) is 19.1 Å². The summed E-state index contributed by atoms with van der Waals surface area (Å²) in [7, 11) is 0. The zero-order chi connectivity index (χ0) is 20.4. The van der Waals surface area contributed by atoms with E-state index < -0.39 is 0 Å². The van der Waals surface area contributed by atoms with E-state index in [1.807, 2.05) is 5.38 Å². The van der Waals surface area contributed by atoms with Gasteiger partial charge in [0.25, 0.3) is 5.91 Å². The molecule has 152 valence electrons. The van der Waals surface area contributed by atoms with Crippen molar-refractivity contribution in [1.82, 2.24) is 19.7 Å². The van der Waals surface area contributed by atoms with Crippen LogP contribution in [-0.4, -0.2) is 38.7 Å². The Morgan fingerprint density at radius 3 is 3.00 bits per heavy atom. The minimum absolute atomic E-state index is 0.294. The van der Waals surface area contributed by atoms with Gasteiger partial charge >= 0.3 is 0 Å². The molecule has 1 saturated heterocycles. The van der Waals surface area contributed by atoms with E-state index in [0.717, 1.165) is 31.2 Å². The maximum Gasteiger partial charge on any atom is 0.260 e. The van der Waals surface area contributed by atoms with E-state index in [-0.39, 0.29) is 11.7 Å². The number of amides is 1. The summed E-state index contributed by atoms with van der Waals surface area (Å²) in [6.07, 6.45) is 3.97. The molecule has 1 atom stereocenters. The molecule has 0 spiro atoms. The van der Waals surface area contributed by atoms with E-state index >= 15 is 0 Å². The number of thiazole rings is 1. The smallest absolute Gasteiger partial charge is 0.260 e. The Morgan fingerprint density at radius 2 is 2.21 bits per heavy atom. The first-order valence-corrected chi connectivity index (χ1v) is 10.7. The third-order valence-electron chi connectivity index (χ3n) is 5.23. The van der Waals surface area contributed by atoms with Crippen molar-refractivity contribution in [3.63, 3.8) is 0 Å². The molecular formula is C21H24FN5OS. The largest absolute Gasteiger partial charge is 0.298 e. The van der Waals surface area contributed by atoms with Crippen molar-refractivity contribution in [1.29, 1.82) is 0 Å². The summed E-state index contributed by atoms with van der Waals surface area (Å²) in [5.74, 6) is 0.0374. The zero-order valence-electron chi connectivity index (χ0n) is 16.6. The minimum atomic E-state index is -0.387. The molecule has 1 aromatic carbocycles. The topological polar surface area (TPSA) is 63.1 Å². The molecule has 0 saturated carbocycles. The number of carbonyl (C=O) groups is 1. The third kappa shape index (κ3) is 4.38. The van der Waals surface area contributed by atoms with Gasteiger partial charge in [0.05, 0.1) is 23.1 Å². The van der Waals surface area contributed by atoms with Crippen molar-refractivity contribution in [2.24, 2.45) is 5.92 Å². The molecule has 0 bridgehead atoms. The quantitative estimate of drug-likeness (QED) is 0.679. The van der Waals surface area contributed by atoms with E-state index in [2.05, 4.69) is 27.2 Å². The number of anilines is 1. The predicted molar refractivity (Wildman–Crippen MR) is 112 cm³/mol. The number of piperidine rings is 1. The van der Waals surface area contributed by atoms with Crippen LogP contribution < -0.4 is 5.32 Å². The Kier molecular flexibility index (Phi) is 5.73. The van der Waals surface area contributed by atoms with Crippen molar-refractivity contribution in [3.8, 4) is 5.69 Å². The van der Waals surface area contributed by atoms with Crippen LogP contribution in [0.5, 0.6) is 0 Å². The molecule has 1 unspecified atom stereocenters. The first kappa shape index (κ1) is 19.7. The summed E-state index contributed by atoms with van der Waals surface area (Å²) < 4.78 is 15.5. The third-order valence-corrected chi connectivity index (χ3v) is 6.04. The molecule has 1 amide bonds. The molecule has 2 aromatic heterocycles. The Hall–Kier alpha value is -2.58. The highest BCUT2D eigenvalue weighted by Crippen LogP contribution is 2.22. The molecule has 0 radical (unpaired) electrons. The summed E-state index contributed by atoms with van der Waals surface area (Å²) in [6, 6.07) is 6.36. The second-order valence-electron chi connectivity index (χ2n) is 7.59. The van der Waals surface area contributed by atoms with Crippen LogP contribution in [0.3, 0.4) is 0 Å². The van der Waals surface area contributed by atoms with Crippen molar-refractivity contribution in [2.45, 2.75) is 33.2 Å². The molecule has 3 aromatic rings. The monoisotopic (exact) mass is 413 g/mol. The summed E-state index contributed by atoms with van der Waals surface area (Å²) in [4.78, 5) is 19.7. The maximum atomic E-state index is 14.1. The van der Waals surface area contributed by atoms with E-state index in [1.54, 1.807) is 25.1 Å². The number of halogens is 1. The number of likely N-dealkylation sites (tertiary alicyclic amines) is 1. The van der Waals surface area contributed by atoms with E-state index in [0.29, 0.717) is 22.1 Å². The molecule has 0 aliphatic carbocycles. The Bertz CT molecular complexity index is 1010. The fraction of sp³-hybridized carbons (Fsp3) is 0.381. The number of benzene rings is 1. The van der Waals surface area contributed by atoms with Crippen LogP contribution in [0.25, 0.3) is 5.69 Å². The molecular weight excluding hydrogens is 389 g/mol. The van der Waals surface area contributed by atoms with Crippen molar-refractivity contribution in [3.05, 3.63) is 58.6 Å². The lowest BCUT2D eigenvalue weighted by Gasteiger charge is -2.30. The molecule has 3 heterocycles. The fourth-order valence-electron chi connectivity index (χ4n) is 3.76. The van der Waals surface area contributed by atoms with Gasteiger partial charge in [-0.15, -0.1) is 11.3 Å². The lowest BCUT2D eigenvalue weighted by atomic mass is 10.0. The summed E-state index contributed by atoms with van der Waals surface area (Å²) in [5, 5.41) is 9.59. The number of carbonyl (C=O) groups excluding carboxylic acids is 1. The molecule has 1 N–H and O–H groups in total. The summed E-state index contributed by atoms with van der Waals surface area (Å²) >= 11 is 1.42. The van der Waals surface area contributed by atoms with Crippen LogP contribution in [0.1, 0.15) is 41.5 Å². The van der Waals surface area contributed by atoms with Gasteiger partial charge in [-0.2, -0.15) is 5.10 Å². The molecule has 29 heavy (non-hydrogen) atoms. The Morgan fingerprint density at radius 1 is 1.38 bits per heavy atom. The molecule has 1 aliphatic heterocycles. The highest BCUT2D eigenvalue weighted by Gasteiger charge is 2.20. The first-order chi connectivity index (χ1) is 14.0. The lowest BCUT2D eigenvalue weighted by Crippen LogP contribution is -2.33. The summed E-state index contributed by atoms with van der Waals surface area (Å²) in [6.45, 7) is 7.02. The highest BCUT2D eigenvalue weighted by atomic mass is 32.1. The number of para-hydroxylation sites is 1. The number of hydrogen-bond acceptors (Lipinski definition) is 5. The SMILES string of the molecule is Cc1c(C(=O)Nc2nc(CN3CCCC(C)C3)cs2)cnn1-c1ccccc1F. The molecule has 8 heteroatoms. The average Bonchev–Trinajstić information content (AvgIpc) is 3.28.